The number of carbonyl (C=O) groups excluding carboxylic acids is 1. The average molecular weight is 422 g/mol. The molecule has 2 aliphatic rings. The lowest BCUT2D eigenvalue weighted by molar-refractivity contribution is -0.131. The molecule has 1 fully saturated rings. The number of H-pyrrole nitrogens is 1. The Bertz CT molecular complexity index is 1170. The summed E-state index contributed by atoms with van der Waals surface area (Å²) in [6.45, 7) is 2.51. The van der Waals surface area contributed by atoms with E-state index in [9.17, 15) is 19.1 Å². The molecule has 3 aromatic rings. The quantitative estimate of drug-likeness (QED) is 0.674. The molecule has 0 radical (unpaired) electrons. The number of nitrogens with zero attached hydrogens (tertiary/aromatic N) is 3. The fourth-order valence-corrected chi connectivity index (χ4v) is 4.91. The molecular formula is C23H23FN4O3. The van der Waals surface area contributed by atoms with Crippen LogP contribution in [0.2, 0.25) is 0 Å². The van der Waals surface area contributed by atoms with E-state index in [4.69, 9.17) is 0 Å². The predicted molar refractivity (Wildman–Crippen MR) is 114 cm³/mol. The van der Waals surface area contributed by atoms with Crippen LogP contribution >= 0.6 is 0 Å². The van der Waals surface area contributed by atoms with E-state index < -0.39 is 5.97 Å². The van der Waals surface area contributed by atoms with Crippen molar-refractivity contribution in [3.63, 3.8) is 0 Å². The average Bonchev–Trinajstić information content (AvgIpc) is 3.37. The molecular weight excluding hydrogens is 399 g/mol. The van der Waals surface area contributed by atoms with E-state index in [2.05, 4.69) is 15.1 Å². The van der Waals surface area contributed by atoms with Crippen molar-refractivity contribution in [2.75, 3.05) is 31.1 Å². The van der Waals surface area contributed by atoms with E-state index in [1.54, 1.807) is 12.1 Å². The van der Waals surface area contributed by atoms with Crippen molar-refractivity contribution in [3.8, 4) is 0 Å². The van der Waals surface area contributed by atoms with Crippen LogP contribution in [-0.4, -0.2) is 58.3 Å². The van der Waals surface area contributed by atoms with Crippen LogP contribution in [0.1, 0.15) is 40.5 Å². The highest BCUT2D eigenvalue weighted by molar-refractivity contribution is 5.95. The summed E-state index contributed by atoms with van der Waals surface area (Å²) in [5.74, 6) is -1.36. The van der Waals surface area contributed by atoms with E-state index >= 15 is 0 Å². The Morgan fingerprint density at radius 2 is 1.84 bits per heavy atom. The zero-order valence-corrected chi connectivity index (χ0v) is 17.0. The van der Waals surface area contributed by atoms with E-state index in [-0.39, 0.29) is 23.3 Å². The van der Waals surface area contributed by atoms with Crippen molar-refractivity contribution < 1.29 is 19.1 Å². The fraction of sp³-hybridized carbons (Fsp3) is 0.348. The number of aromatic nitrogens is 2. The minimum atomic E-state index is -1.06. The summed E-state index contributed by atoms with van der Waals surface area (Å²) in [4.78, 5) is 28.4. The number of anilines is 1. The zero-order valence-electron chi connectivity index (χ0n) is 17.0. The summed E-state index contributed by atoms with van der Waals surface area (Å²) in [6, 6.07) is 10.7. The summed E-state index contributed by atoms with van der Waals surface area (Å²) in [5, 5.41) is 17.5. The molecule has 7 nitrogen and oxygen atoms in total. The van der Waals surface area contributed by atoms with E-state index in [1.165, 1.54) is 6.07 Å². The topological polar surface area (TPSA) is 89.5 Å². The van der Waals surface area contributed by atoms with Gasteiger partial charge in [0.25, 0.3) is 0 Å². The van der Waals surface area contributed by atoms with E-state index in [0.29, 0.717) is 43.5 Å². The third-order valence-corrected chi connectivity index (χ3v) is 6.48. The van der Waals surface area contributed by atoms with Crippen LogP contribution in [0.15, 0.2) is 36.4 Å². The highest BCUT2D eigenvalue weighted by atomic mass is 19.1. The number of halogens is 1. The van der Waals surface area contributed by atoms with Crippen molar-refractivity contribution in [1.29, 1.82) is 0 Å². The van der Waals surface area contributed by atoms with Gasteiger partial charge in [-0.15, -0.1) is 0 Å². The molecule has 1 saturated heterocycles. The Morgan fingerprint density at radius 1 is 1.10 bits per heavy atom. The number of aryl methyl sites for hydroxylation is 1. The summed E-state index contributed by atoms with van der Waals surface area (Å²) >= 11 is 0. The van der Waals surface area contributed by atoms with Crippen molar-refractivity contribution in [2.45, 2.75) is 25.2 Å². The Kier molecular flexibility index (Phi) is 4.84. The number of benzene rings is 2. The van der Waals surface area contributed by atoms with Gasteiger partial charge < -0.3 is 14.9 Å². The summed E-state index contributed by atoms with van der Waals surface area (Å²) < 4.78 is 14.1. The van der Waals surface area contributed by atoms with Crippen molar-refractivity contribution in [1.82, 2.24) is 15.1 Å². The third-order valence-electron chi connectivity index (χ3n) is 6.48. The van der Waals surface area contributed by atoms with Crippen LogP contribution in [-0.2, 0) is 11.2 Å². The first-order chi connectivity index (χ1) is 15.0. The van der Waals surface area contributed by atoms with Crippen LogP contribution in [0.25, 0.3) is 10.8 Å². The Morgan fingerprint density at radius 3 is 2.61 bits per heavy atom. The molecule has 8 heteroatoms. The number of nitrogens with one attached hydrogen (secondary N) is 1. The minimum absolute atomic E-state index is 0.0401. The van der Waals surface area contributed by atoms with Gasteiger partial charge in [0.05, 0.1) is 0 Å². The van der Waals surface area contributed by atoms with Gasteiger partial charge in [-0.2, -0.15) is 5.10 Å². The smallest absolute Gasteiger partial charge is 0.356 e. The molecule has 0 saturated carbocycles. The lowest BCUT2D eigenvalue weighted by Gasteiger charge is -2.37. The van der Waals surface area contributed by atoms with E-state index in [1.807, 2.05) is 23.1 Å². The molecule has 5 rings (SSSR count). The molecule has 2 N–H and O–H groups in total. The standard InChI is InChI=1S/C23H23FN4O3/c24-17-5-1-4-16-15(17)3-2-6-19(16)27-9-11-28(12-10-27)20(29)13-14-7-8-18-21(14)22(23(30)31)26-25-18/h1-6,14H,7-13H2,(H,25,26)(H,30,31). The molecule has 31 heavy (non-hydrogen) atoms. The van der Waals surface area contributed by atoms with Crippen LogP contribution in [0, 0.1) is 5.82 Å². The van der Waals surface area contributed by atoms with Crippen molar-refractivity contribution in [2.24, 2.45) is 0 Å². The van der Waals surface area contributed by atoms with E-state index in [0.717, 1.165) is 29.6 Å². The predicted octanol–water partition coefficient (Wildman–Crippen LogP) is 3.17. The molecule has 0 bridgehead atoms. The maximum Gasteiger partial charge on any atom is 0.356 e. The zero-order chi connectivity index (χ0) is 21.5. The van der Waals surface area contributed by atoms with Gasteiger partial charge >= 0.3 is 5.97 Å². The Labute approximate surface area is 178 Å². The molecule has 2 heterocycles. The lowest BCUT2D eigenvalue weighted by Crippen LogP contribution is -2.49. The summed E-state index contributed by atoms with van der Waals surface area (Å²) in [7, 11) is 0. The number of rotatable bonds is 4. The number of aromatic amines is 1. The number of hydrogen-bond donors (Lipinski definition) is 2. The number of amides is 1. The molecule has 1 aliphatic carbocycles. The Balaban J connectivity index is 1.26. The highest BCUT2D eigenvalue weighted by Gasteiger charge is 2.34. The van der Waals surface area contributed by atoms with Crippen LogP contribution in [0.4, 0.5) is 10.1 Å². The second-order valence-corrected chi connectivity index (χ2v) is 8.19. The highest BCUT2D eigenvalue weighted by Crippen LogP contribution is 2.37. The minimum Gasteiger partial charge on any atom is -0.476 e. The number of aromatic carboxylic acids is 1. The number of fused-ring (bicyclic) bond motifs is 2. The number of carboxylic acid groups (broad SMARTS) is 1. The first-order valence-electron chi connectivity index (χ1n) is 10.5. The maximum absolute atomic E-state index is 14.1. The van der Waals surface area contributed by atoms with Crippen LogP contribution < -0.4 is 4.90 Å². The first kappa shape index (κ1) is 19.5. The van der Waals surface area contributed by atoms with Crippen LogP contribution in [0.5, 0.6) is 0 Å². The second-order valence-electron chi connectivity index (χ2n) is 8.19. The lowest BCUT2D eigenvalue weighted by atomic mass is 9.96. The molecule has 1 atom stereocenters. The molecule has 1 unspecified atom stereocenters. The van der Waals surface area contributed by atoms with Gasteiger partial charge in [0.1, 0.15) is 5.82 Å². The van der Waals surface area contributed by atoms with Gasteiger partial charge in [-0.1, -0.05) is 24.3 Å². The second kappa shape index (κ2) is 7.68. The summed E-state index contributed by atoms with van der Waals surface area (Å²) in [6.07, 6.45) is 1.78. The molecule has 1 aromatic heterocycles. The largest absolute Gasteiger partial charge is 0.476 e. The molecule has 160 valence electrons. The molecule has 2 aromatic carbocycles. The number of carbonyl (C=O) groups is 2. The number of carboxylic acids is 1. The van der Waals surface area contributed by atoms with Gasteiger partial charge in [-0.3, -0.25) is 9.89 Å². The SMILES string of the molecule is O=C(O)c1n[nH]c2c1C(CC(=O)N1CCN(c3cccc4c(F)cccc34)CC1)CC2. The third kappa shape index (κ3) is 3.41. The van der Waals surface area contributed by atoms with Crippen molar-refractivity contribution in [3.05, 3.63) is 59.2 Å². The first-order valence-corrected chi connectivity index (χ1v) is 10.5. The normalized spacial score (nSPS) is 18.4. The Hall–Kier alpha value is -3.42. The molecule has 1 amide bonds. The van der Waals surface area contributed by atoms with Gasteiger partial charge in [0, 0.05) is 60.3 Å². The molecule has 1 aliphatic heterocycles. The summed E-state index contributed by atoms with van der Waals surface area (Å²) in [5.41, 5.74) is 2.55. The van der Waals surface area contributed by atoms with Gasteiger partial charge in [0.2, 0.25) is 5.91 Å². The van der Waals surface area contributed by atoms with Crippen molar-refractivity contribution >= 4 is 28.3 Å². The van der Waals surface area contributed by atoms with Gasteiger partial charge in [-0.05, 0) is 30.9 Å². The fourth-order valence-electron chi connectivity index (χ4n) is 4.91. The number of piperazine rings is 1. The van der Waals surface area contributed by atoms with Gasteiger partial charge in [0.15, 0.2) is 5.69 Å². The van der Waals surface area contributed by atoms with Gasteiger partial charge in [-0.25, -0.2) is 9.18 Å². The number of hydrogen-bond acceptors (Lipinski definition) is 4. The monoisotopic (exact) mass is 422 g/mol. The molecule has 0 spiro atoms. The maximum atomic E-state index is 14.1. The van der Waals surface area contributed by atoms with Crippen LogP contribution in [0.3, 0.4) is 0 Å².